The largest absolute Gasteiger partial charge is 0.497 e. The average molecular weight is 311 g/mol. The van der Waals surface area contributed by atoms with Gasteiger partial charge in [0.1, 0.15) is 5.75 Å². The van der Waals surface area contributed by atoms with Crippen LogP contribution in [0.3, 0.4) is 0 Å². The summed E-state index contributed by atoms with van der Waals surface area (Å²) in [7, 11) is 1.61. The zero-order chi connectivity index (χ0) is 16.2. The molecule has 2 N–H and O–H groups in total. The van der Waals surface area contributed by atoms with E-state index in [-0.39, 0.29) is 24.5 Å². The molecule has 23 heavy (non-hydrogen) atoms. The predicted octanol–water partition coefficient (Wildman–Crippen LogP) is 2.65. The van der Waals surface area contributed by atoms with E-state index in [9.17, 15) is 9.90 Å². The van der Waals surface area contributed by atoms with Crippen molar-refractivity contribution in [1.82, 2.24) is 5.32 Å². The molecule has 1 saturated carbocycles. The summed E-state index contributed by atoms with van der Waals surface area (Å²) in [5.74, 6) is 1.06. The highest BCUT2D eigenvalue weighted by molar-refractivity contribution is 5.83. The Labute approximate surface area is 136 Å². The second kappa shape index (κ2) is 6.84. The lowest BCUT2D eigenvalue weighted by Crippen LogP contribution is -2.32. The van der Waals surface area contributed by atoms with E-state index in [1.165, 1.54) is 5.56 Å². The number of nitrogens with one attached hydrogen (secondary N) is 1. The van der Waals surface area contributed by atoms with Gasteiger partial charge in [-0.2, -0.15) is 0 Å². The normalized spacial score (nSPS) is 20.6. The standard InChI is InChI=1S/C19H21NO3/c1-23-15-9-7-14(8-10-15)18(12-21)20-19(22)17-11-16(17)13-5-3-2-4-6-13/h2-10,16-18,21H,11-12H2,1H3,(H,20,22). The van der Waals surface area contributed by atoms with Gasteiger partial charge in [0.15, 0.2) is 0 Å². The van der Waals surface area contributed by atoms with Gasteiger partial charge in [0.2, 0.25) is 5.91 Å². The molecule has 0 radical (unpaired) electrons. The third kappa shape index (κ3) is 3.54. The minimum absolute atomic E-state index is 0.00435. The minimum atomic E-state index is -0.384. The number of ether oxygens (including phenoxy) is 1. The fraction of sp³-hybridized carbons (Fsp3) is 0.316. The van der Waals surface area contributed by atoms with Crippen LogP contribution in [-0.2, 0) is 4.79 Å². The number of rotatable bonds is 6. The second-order valence-electron chi connectivity index (χ2n) is 5.88. The molecule has 4 heteroatoms. The topological polar surface area (TPSA) is 58.6 Å². The highest BCUT2D eigenvalue weighted by Gasteiger charge is 2.44. The maximum atomic E-state index is 12.4. The molecule has 120 valence electrons. The second-order valence-corrected chi connectivity index (χ2v) is 5.88. The maximum Gasteiger partial charge on any atom is 0.224 e. The van der Waals surface area contributed by atoms with Crippen molar-refractivity contribution in [1.29, 1.82) is 0 Å². The first-order chi connectivity index (χ1) is 11.2. The van der Waals surface area contributed by atoms with Crippen molar-refractivity contribution < 1.29 is 14.6 Å². The molecule has 4 nitrogen and oxygen atoms in total. The quantitative estimate of drug-likeness (QED) is 0.862. The van der Waals surface area contributed by atoms with Crippen molar-refractivity contribution in [2.24, 2.45) is 5.92 Å². The van der Waals surface area contributed by atoms with Crippen LogP contribution in [-0.4, -0.2) is 24.7 Å². The molecular formula is C19H21NO3. The zero-order valence-corrected chi connectivity index (χ0v) is 13.1. The zero-order valence-electron chi connectivity index (χ0n) is 13.1. The fourth-order valence-corrected chi connectivity index (χ4v) is 2.90. The van der Waals surface area contributed by atoms with E-state index in [4.69, 9.17) is 4.74 Å². The number of carbonyl (C=O) groups is 1. The van der Waals surface area contributed by atoms with Crippen LogP contribution in [0.1, 0.15) is 29.5 Å². The van der Waals surface area contributed by atoms with Crippen LogP contribution in [0.5, 0.6) is 5.75 Å². The smallest absolute Gasteiger partial charge is 0.224 e. The van der Waals surface area contributed by atoms with Gasteiger partial charge in [0.05, 0.1) is 19.8 Å². The highest BCUT2D eigenvalue weighted by Crippen LogP contribution is 2.47. The van der Waals surface area contributed by atoms with E-state index in [0.29, 0.717) is 5.92 Å². The molecule has 0 aliphatic heterocycles. The molecule has 1 amide bonds. The van der Waals surface area contributed by atoms with Crippen molar-refractivity contribution in [3.05, 3.63) is 65.7 Å². The van der Waals surface area contributed by atoms with Crippen molar-refractivity contribution in [3.8, 4) is 5.75 Å². The van der Waals surface area contributed by atoms with E-state index in [0.717, 1.165) is 17.7 Å². The van der Waals surface area contributed by atoms with Crippen LogP contribution in [0.4, 0.5) is 0 Å². The van der Waals surface area contributed by atoms with Crippen LogP contribution in [0.15, 0.2) is 54.6 Å². The van der Waals surface area contributed by atoms with Gasteiger partial charge in [-0.1, -0.05) is 42.5 Å². The Kier molecular flexibility index (Phi) is 4.63. The van der Waals surface area contributed by atoms with Gasteiger partial charge in [0.25, 0.3) is 0 Å². The number of methoxy groups -OCH3 is 1. The summed E-state index contributed by atoms with van der Waals surface area (Å²) in [6.07, 6.45) is 0.872. The van der Waals surface area contributed by atoms with Crippen molar-refractivity contribution in [2.45, 2.75) is 18.4 Å². The monoisotopic (exact) mass is 311 g/mol. The van der Waals surface area contributed by atoms with Crippen LogP contribution in [0.25, 0.3) is 0 Å². The van der Waals surface area contributed by atoms with E-state index < -0.39 is 0 Å². The van der Waals surface area contributed by atoms with Crippen molar-refractivity contribution in [2.75, 3.05) is 13.7 Å². The van der Waals surface area contributed by atoms with Gasteiger partial charge in [0, 0.05) is 5.92 Å². The Hall–Kier alpha value is -2.33. The fourth-order valence-electron chi connectivity index (χ4n) is 2.90. The Balaban J connectivity index is 1.62. The number of hydrogen-bond acceptors (Lipinski definition) is 3. The molecule has 3 atom stereocenters. The molecule has 0 saturated heterocycles. The summed E-state index contributed by atoms with van der Waals surface area (Å²) in [4.78, 5) is 12.4. The molecule has 3 unspecified atom stereocenters. The van der Waals surface area contributed by atoms with E-state index in [1.807, 2.05) is 42.5 Å². The van der Waals surface area contributed by atoms with Gasteiger partial charge < -0.3 is 15.2 Å². The molecule has 2 aromatic rings. The molecule has 2 aromatic carbocycles. The molecule has 0 bridgehead atoms. The summed E-state index contributed by atoms with van der Waals surface area (Å²) < 4.78 is 5.13. The van der Waals surface area contributed by atoms with E-state index >= 15 is 0 Å². The molecular weight excluding hydrogens is 290 g/mol. The van der Waals surface area contributed by atoms with Gasteiger partial charge in [-0.15, -0.1) is 0 Å². The Morgan fingerprint density at radius 3 is 2.52 bits per heavy atom. The lowest BCUT2D eigenvalue weighted by Gasteiger charge is -2.17. The van der Waals surface area contributed by atoms with Gasteiger partial charge in [-0.3, -0.25) is 4.79 Å². The minimum Gasteiger partial charge on any atom is -0.497 e. The molecule has 1 fully saturated rings. The number of aliphatic hydroxyl groups is 1. The summed E-state index contributed by atoms with van der Waals surface area (Å²) in [5.41, 5.74) is 2.08. The van der Waals surface area contributed by atoms with E-state index in [2.05, 4.69) is 17.4 Å². The summed E-state index contributed by atoms with van der Waals surface area (Å²) in [5, 5.41) is 12.5. The number of aliphatic hydroxyl groups excluding tert-OH is 1. The summed E-state index contributed by atoms with van der Waals surface area (Å²) >= 11 is 0. The predicted molar refractivity (Wildman–Crippen MR) is 88.3 cm³/mol. The van der Waals surface area contributed by atoms with Gasteiger partial charge in [-0.25, -0.2) is 0 Å². The number of carbonyl (C=O) groups excluding carboxylic acids is 1. The van der Waals surface area contributed by atoms with E-state index in [1.54, 1.807) is 7.11 Å². The van der Waals surface area contributed by atoms with Crippen LogP contribution in [0, 0.1) is 5.92 Å². The first-order valence-electron chi connectivity index (χ1n) is 7.83. The highest BCUT2D eigenvalue weighted by atomic mass is 16.5. The van der Waals surface area contributed by atoms with Crippen LogP contribution in [0.2, 0.25) is 0 Å². The van der Waals surface area contributed by atoms with Crippen molar-refractivity contribution in [3.63, 3.8) is 0 Å². The lowest BCUT2D eigenvalue weighted by atomic mass is 10.1. The first kappa shape index (κ1) is 15.6. The molecule has 1 aliphatic rings. The molecule has 1 aliphatic carbocycles. The Morgan fingerprint density at radius 2 is 1.91 bits per heavy atom. The Bertz CT molecular complexity index is 654. The number of hydrogen-bond donors (Lipinski definition) is 2. The van der Waals surface area contributed by atoms with Crippen LogP contribution >= 0.6 is 0 Å². The van der Waals surface area contributed by atoms with Gasteiger partial charge >= 0.3 is 0 Å². The van der Waals surface area contributed by atoms with Crippen LogP contribution < -0.4 is 10.1 Å². The third-order valence-corrected chi connectivity index (χ3v) is 4.37. The SMILES string of the molecule is COc1ccc(C(CO)NC(=O)C2CC2c2ccccc2)cc1. The Morgan fingerprint density at radius 1 is 1.22 bits per heavy atom. The van der Waals surface area contributed by atoms with Gasteiger partial charge in [-0.05, 0) is 35.6 Å². The summed E-state index contributed by atoms with van der Waals surface area (Å²) in [6, 6.07) is 17.1. The number of benzene rings is 2. The lowest BCUT2D eigenvalue weighted by molar-refractivity contribution is -0.123. The average Bonchev–Trinajstić information content (AvgIpc) is 3.41. The number of amides is 1. The first-order valence-corrected chi connectivity index (χ1v) is 7.83. The molecule has 0 spiro atoms. The molecule has 0 aromatic heterocycles. The van der Waals surface area contributed by atoms with Crippen molar-refractivity contribution >= 4 is 5.91 Å². The molecule has 3 rings (SSSR count). The molecule has 0 heterocycles. The third-order valence-electron chi connectivity index (χ3n) is 4.37. The maximum absolute atomic E-state index is 12.4. The summed E-state index contributed by atoms with van der Waals surface area (Å²) in [6.45, 7) is -0.124.